The van der Waals surface area contributed by atoms with Gasteiger partial charge in [0.05, 0.1) is 5.69 Å². The fourth-order valence-corrected chi connectivity index (χ4v) is 2.69. The molecule has 2 aromatic carbocycles. The fraction of sp³-hybridized carbons (Fsp3) is 0.0588. The van der Waals surface area contributed by atoms with Gasteiger partial charge in [-0.2, -0.15) is 5.10 Å². The Morgan fingerprint density at radius 1 is 1.25 bits per heavy atom. The number of hydrogen-bond acceptors (Lipinski definition) is 2. The number of H-pyrrole nitrogens is 1. The van der Waals surface area contributed by atoms with Crippen molar-refractivity contribution in [3.8, 4) is 11.1 Å². The van der Waals surface area contributed by atoms with Gasteiger partial charge in [0.15, 0.2) is 5.82 Å². The highest BCUT2D eigenvalue weighted by Gasteiger charge is 2.24. The monoisotopic (exact) mass is 344 g/mol. The first-order chi connectivity index (χ1) is 11.5. The van der Waals surface area contributed by atoms with Crippen LogP contribution in [0.1, 0.15) is 5.69 Å². The van der Waals surface area contributed by atoms with Gasteiger partial charge in [0.25, 0.3) is 0 Å². The molecule has 0 aliphatic carbocycles. The standard InChI is InChI=1S/C17H14ClFN4O/c1-10-15(11-5-7-13(19)8-6-11)16(22-21-10)23(17(20)24)14-4-2-3-12(18)9-14/h2-9H,1H3,(H2,20,24)(H,21,22). The lowest BCUT2D eigenvalue weighted by Gasteiger charge is -2.20. The van der Waals surface area contributed by atoms with E-state index >= 15 is 0 Å². The smallest absolute Gasteiger partial charge is 0.325 e. The second-order valence-corrected chi connectivity index (χ2v) is 5.64. The van der Waals surface area contributed by atoms with Crippen molar-refractivity contribution in [2.45, 2.75) is 6.92 Å². The Morgan fingerprint density at radius 2 is 1.96 bits per heavy atom. The number of nitrogens with zero attached hydrogens (tertiary/aromatic N) is 2. The predicted octanol–water partition coefficient (Wildman–Crippen LogP) is 4.39. The van der Waals surface area contributed by atoms with E-state index in [1.54, 1.807) is 36.4 Å². The van der Waals surface area contributed by atoms with Gasteiger partial charge < -0.3 is 5.73 Å². The third-order valence-electron chi connectivity index (χ3n) is 3.56. The number of nitrogens with two attached hydrogens (primary N) is 1. The molecule has 3 N–H and O–H groups in total. The summed E-state index contributed by atoms with van der Waals surface area (Å²) in [5, 5.41) is 7.52. The summed E-state index contributed by atoms with van der Waals surface area (Å²) in [7, 11) is 0. The first-order valence-electron chi connectivity index (χ1n) is 7.13. The average molecular weight is 345 g/mol. The largest absolute Gasteiger partial charge is 0.351 e. The van der Waals surface area contributed by atoms with Crippen molar-refractivity contribution in [1.82, 2.24) is 10.2 Å². The van der Waals surface area contributed by atoms with Gasteiger partial charge in [-0.1, -0.05) is 29.8 Å². The molecule has 0 unspecified atom stereocenters. The lowest BCUT2D eigenvalue weighted by Crippen LogP contribution is -2.32. The number of urea groups is 1. The lowest BCUT2D eigenvalue weighted by atomic mass is 10.1. The maximum atomic E-state index is 13.2. The molecule has 1 aromatic heterocycles. The number of nitrogens with one attached hydrogen (secondary N) is 1. The van der Waals surface area contributed by atoms with Crippen molar-refractivity contribution in [3.63, 3.8) is 0 Å². The van der Waals surface area contributed by atoms with E-state index < -0.39 is 6.03 Å². The third kappa shape index (κ3) is 2.96. The van der Waals surface area contributed by atoms with Gasteiger partial charge >= 0.3 is 6.03 Å². The molecular weight excluding hydrogens is 331 g/mol. The van der Waals surface area contributed by atoms with E-state index in [1.165, 1.54) is 17.0 Å². The zero-order chi connectivity index (χ0) is 17.3. The van der Waals surface area contributed by atoms with Crippen LogP contribution in [0.3, 0.4) is 0 Å². The molecule has 122 valence electrons. The van der Waals surface area contributed by atoms with Crippen molar-refractivity contribution in [1.29, 1.82) is 0 Å². The number of carbonyl (C=O) groups excluding carboxylic acids is 1. The predicted molar refractivity (Wildman–Crippen MR) is 91.9 cm³/mol. The van der Waals surface area contributed by atoms with E-state index in [2.05, 4.69) is 10.2 Å². The van der Waals surface area contributed by atoms with Crippen LogP contribution in [0.5, 0.6) is 0 Å². The Hall–Kier alpha value is -2.86. The van der Waals surface area contributed by atoms with Crippen LogP contribution in [0, 0.1) is 12.7 Å². The normalized spacial score (nSPS) is 10.6. The molecule has 0 saturated heterocycles. The van der Waals surface area contributed by atoms with E-state index in [1.807, 2.05) is 6.92 Å². The van der Waals surface area contributed by atoms with E-state index in [4.69, 9.17) is 17.3 Å². The number of carbonyl (C=O) groups is 1. The summed E-state index contributed by atoms with van der Waals surface area (Å²) in [5.74, 6) is -0.0167. The fourth-order valence-electron chi connectivity index (χ4n) is 2.51. The zero-order valence-corrected chi connectivity index (χ0v) is 13.5. The van der Waals surface area contributed by atoms with Gasteiger partial charge in [-0.3, -0.25) is 5.10 Å². The first kappa shape index (κ1) is 16.0. The molecular formula is C17H14ClFN4O. The van der Waals surface area contributed by atoms with Crippen LogP contribution in [0.25, 0.3) is 11.1 Å². The van der Waals surface area contributed by atoms with Crippen LogP contribution in [-0.4, -0.2) is 16.2 Å². The van der Waals surface area contributed by atoms with Crippen LogP contribution in [0.4, 0.5) is 20.7 Å². The van der Waals surface area contributed by atoms with Crippen LogP contribution >= 0.6 is 11.6 Å². The van der Waals surface area contributed by atoms with Gasteiger partial charge in [0.1, 0.15) is 5.82 Å². The highest BCUT2D eigenvalue weighted by atomic mass is 35.5. The van der Waals surface area contributed by atoms with Crippen LogP contribution in [-0.2, 0) is 0 Å². The molecule has 5 nitrogen and oxygen atoms in total. The number of anilines is 2. The van der Waals surface area contributed by atoms with E-state index in [9.17, 15) is 9.18 Å². The van der Waals surface area contributed by atoms with Crippen molar-refractivity contribution in [3.05, 3.63) is 65.1 Å². The molecule has 0 saturated carbocycles. The van der Waals surface area contributed by atoms with Gasteiger partial charge in [0, 0.05) is 16.3 Å². The average Bonchev–Trinajstić information content (AvgIpc) is 2.90. The highest BCUT2D eigenvalue weighted by molar-refractivity contribution is 6.31. The van der Waals surface area contributed by atoms with Crippen molar-refractivity contribution >= 4 is 29.1 Å². The second kappa shape index (κ2) is 6.33. The molecule has 0 radical (unpaired) electrons. The number of aromatic amines is 1. The number of aromatic nitrogens is 2. The number of hydrogen-bond donors (Lipinski definition) is 2. The molecule has 3 aromatic rings. The first-order valence-corrected chi connectivity index (χ1v) is 7.51. The molecule has 0 spiro atoms. The summed E-state index contributed by atoms with van der Waals surface area (Å²) in [6.07, 6.45) is 0. The zero-order valence-electron chi connectivity index (χ0n) is 12.8. The summed E-state index contributed by atoms with van der Waals surface area (Å²) in [5.41, 5.74) is 8.15. The van der Waals surface area contributed by atoms with E-state index in [-0.39, 0.29) is 5.82 Å². The van der Waals surface area contributed by atoms with E-state index in [0.29, 0.717) is 27.7 Å². The number of rotatable bonds is 3. The number of halogens is 2. The quantitative estimate of drug-likeness (QED) is 0.739. The molecule has 0 aliphatic heterocycles. The van der Waals surface area contributed by atoms with Gasteiger partial charge in [-0.15, -0.1) is 0 Å². The maximum Gasteiger partial charge on any atom is 0.325 e. The van der Waals surface area contributed by atoms with Crippen molar-refractivity contribution < 1.29 is 9.18 Å². The minimum absolute atomic E-state index is 0.328. The molecule has 0 aliphatic rings. The molecule has 1 heterocycles. The second-order valence-electron chi connectivity index (χ2n) is 5.21. The maximum absolute atomic E-state index is 13.2. The summed E-state index contributed by atoms with van der Waals surface area (Å²) in [6.45, 7) is 1.81. The number of aryl methyl sites for hydroxylation is 1. The van der Waals surface area contributed by atoms with Crippen LogP contribution in [0.15, 0.2) is 48.5 Å². The Kier molecular flexibility index (Phi) is 4.22. The molecule has 3 rings (SSSR count). The molecule has 0 fully saturated rings. The highest BCUT2D eigenvalue weighted by Crippen LogP contribution is 2.36. The van der Waals surface area contributed by atoms with Gasteiger partial charge in [-0.05, 0) is 42.8 Å². The third-order valence-corrected chi connectivity index (χ3v) is 3.79. The Labute approximate surface area is 142 Å². The molecule has 0 atom stereocenters. The van der Waals surface area contributed by atoms with Crippen molar-refractivity contribution in [2.24, 2.45) is 5.73 Å². The molecule has 0 bridgehead atoms. The van der Waals surface area contributed by atoms with Crippen LogP contribution < -0.4 is 10.6 Å². The summed E-state index contributed by atoms with van der Waals surface area (Å²) < 4.78 is 13.2. The Morgan fingerprint density at radius 3 is 2.58 bits per heavy atom. The van der Waals surface area contributed by atoms with Gasteiger partial charge in [0.2, 0.25) is 0 Å². The molecule has 24 heavy (non-hydrogen) atoms. The van der Waals surface area contributed by atoms with Gasteiger partial charge in [-0.25, -0.2) is 14.1 Å². The minimum atomic E-state index is -0.702. The minimum Gasteiger partial charge on any atom is -0.351 e. The SMILES string of the molecule is Cc1[nH]nc(N(C(N)=O)c2cccc(Cl)c2)c1-c1ccc(F)cc1. The summed E-state index contributed by atoms with van der Waals surface area (Å²) in [6, 6.07) is 12.0. The topological polar surface area (TPSA) is 75.0 Å². The Balaban J connectivity index is 2.17. The summed E-state index contributed by atoms with van der Waals surface area (Å²) in [4.78, 5) is 13.3. The van der Waals surface area contributed by atoms with Crippen molar-refractivity contribution in [2.75, 3.05) is 4.90 Å². The van der Waals surface area contributed by atoms with Crippen LogP contribution in [0.2, 0.25) is 5.02 Å². The number of benzene rings is 2. The lowest BCUT2D eigenvalue weighted by molar-refractivity contribution is 0.256. The Bertz CT molecular complexity index is 892. The molecule has 2 amide bonds. The summed E-state index contributed by atoms with van der Waals surface area (Å²) >= 11 is 6.01. The molecule has 7 heteroatoms. The van der Waals surface area contributed by atoms with E-state index in [0.717, 1.165) is 5.69 Å². The number of primary amides is 1. The number of amides is 2.